The predicted molar refractivity (Wildman–Crippen MR) is 200 cm³/mol. The van der Waals surface area contributed by atoms with Gasteiger partial charge in [0.25, 0.3) is 5.91 Å². The summed E-state index contributed by atoms with van der Waals surface area (Å²) in [4.78, 5) is 28.1. The lowest BCUT2D eigenvalue weighted by molar-refractivity contribution is -0.149. The lowest BCUT2D eigenvalue weighted by Crippen LogP contribution is -2.40. The first kappa shape index (κ1) is 36.3. The molecule has 0 N–H and O–H groups in total. The minimum atomic E-state index is -3.86. The maximum absolute atomic E-state index is 13.8. The maximum Gasteiger partial charge on any atom is 0.309 e. The molecule has 11 nitrogen and oxygen atoms in total. The molecule has 0 radical (unpaired) electrons. The first-order chi connectivity index (χ1) is 24.6. The van der Waals surface area contributed by atoms with Crippen LogP contribution in [0.5, 0.6) is 11.5 Å². The van der Waals surface area contributed by atoms with Crippen molar-refractivity contribution in [2.45, 2.75) is 31.1 Å². The van der Waals surface area contributed by atoms with Crippen molar-refractivity contribution >= 4 is 56.3 Å². The highest BCUT2D eigenvalue weighted by molar-refractivity contribution is 8.26. The van der Waals surface area contributed by atoms with Crippen molar-refractivity contribution in [2.24, 2.45) is 5.92 Å². The third-order valence-electron chi connectivity index (χ3n) is 8.81. The van der Waals surface area contributed by atoms with Crippen LogP contribution in [0.15, 0.2) is 88.8 Å². The van der Waals surface area contributed by atoms with Gasteiger partial charge in [0, 0.05) is 37.0 Å². The average molecular weight is 747 g/mol. The smallest absolute Gasteiger partial charge is 0.309 e. The highest BCUT2D eigenvalue weighted by Gasteiger charge is 2.34. The monoisotopic (exact) mass is 746 g/mol. The van der Waals surface area contributed by atoms with Crippen LogP contribution in [0.2, 0.25) is 0 Å². The molecule has 6 rings (SSSR count). The molecular weight excluding hydrogens is 709 g/mol. The van der Waals surface area contributed by atoms with Crippen molar-refractivity contribution in [2.75, 3.05) is 40.5 Å². The van der Waals surface area contributed by atoms with Gasteiger partial charge in [0.05, 0.1) is 42.2 Å². The zero-order valence-corrected chi connectivity index (χ0v) is 30.9. The van der Waals surface area contributed by atoms with Crippen LogP contribution in [0.25, 0.3) is 23.0 Å². The molecule has 2 aliphatic heterocycles. The van der Waals surface area contributed by atoms with Gasteiger partial charge in [0.2, 0.25) is 10.0 Å². The number of ether oxygens (including phenoxy) is 3. The highest BCUT2D eigenvalue weighted by atomic mass is 32.2. The van der Waals surface area contributed by atoms with Crippen molar-refractivity contribution in [1.29, 1.82) is 0 Å². The van der Waals surface area contributed by atoms with Crippen molar-refractivity contribution in [1.82, 2.24) is 19.0 Å². The molecule has 51 heavy (non-hydrogen) atoms. The van der Waals surface area contributed by atoms with Crippen molar-refractivity contribution in [3.8, 4) is 28.4 Å². The molecule has 2 aliphatic rings. The Morgan fingerprint density at radius 1 is 1.00 bits per heavy atom. The minimum absolute atomic E-state index is 0.122. The quantitative estimate of drug-likeness (QED) is 0.0976. The van der Waals surface area contributed by atoms with Gasteiger partial charge < -0.3 is 14.2 Å². The van der Waals surface area contributed by atoms with E-state index in [9.17, 15) is 18.0 Å². The van der Waals surface area contributed by atoms with E-state index in [4.69, 9.17) is 31.5 Å². The number of esters is 1. The number of para-hydroxylation sites is 1. The fourth-order valence-corrected chi connectivity index (χ4v) is 8.90. The number of thiocarbonyl (C=S) groups is 1. The Morgan fingerprint density at radius 2 is 1.75 bits per heavy atom. The largest absolute Gasteiger partial charge is 0.493 e. The summed E-state index contributed by atoms with van der Waals surface area (Å²) in [5.41, 5.74) is 3.48. The van der Waals surface area contributed by atoms with Gasteiger partial charge in [-0.05, 0) is 74.2 Å². The summed E-state index contributed by atoms with van der Waals surface area (Å²) in [5.74, 6) is 0.421. The minimum Gasteiger partial charge on any atom is -0.493 e. The fraction of sp³-hybridized carbons (Fsp3) is 0.297. The van der Waals surface area contributed by atoms with Crippen LogP contribution in [0.1, 0.15) is 30.9 Å². The normalized spacial score (nSPS) is 16.5. The van der Waals surface area contributed by atoms with Gasteiger partial charge in [-0.3, -0.25) is 14.5 Å². The number of amides is 1. The Labute approximate surface area is 307 Å². The standard InChI is InChI=1S/C37H38N4O7S3/c1-4-48-36(43)26-16-18-39(19-17-26)51(44,45)30-12-8-9-27(22-30)34-28(24-41(38-34)29-10-6-5-7-11-29)23-33-35(42)40(37(49)50-33)20-15-25-13-14-31(46-2)32(21-25)47-3/h5-14,21-24,26H,4,15-20H2,1-3H3. The van der Waals surface area contributed by atoms with E-state index in [0.717, 1.165) is 11.3 Å². The molecule has 1 aromatic heterocycles. The molecule has 3 heterocycles. The molecule has 1 amide bonds. The Morgan fingerprint density at radius 3 is 2.45 bits per heavy atom. The molecular formula is C37H38N4O7S3. The Bertz CT molecular complexity index is 2070. The molecule has 0 atom stereocenters. The molecule has 0 saturated carbocycles. The van der Waals surface area contributed by atoms with Crippen LogP contribution in [0.4, 0.5) is 0 Å². The molecule has 2 saturated heterocycles. The van der Waals surface area contributed by atoms with E-state index < -0.39 is 10.0 Å². The number of methoxy groups -OCH3 is 2. The summed E-state index contributed by atoms with van der Waals surface area (Å²) in [6, 6.07) is 21.8. The summed E-state index contributed by atoms with van der Waals surface area (Å²) >= 11 is 6.86. The molecule has 14 heteroatoms. The number of carbonyl (C=O) groups is 2. The van der Waals surface area contributed by atoms with Crippen LogP contribution in [0.3, 0.4) is 0 Å². The highest BCUT2D eigenvalue weighted by Crippen LogP contribution is 2.36. The van der Waals surface area contributed by atoms with E-state index in [-0.39, 0.29) is 35.8 Å². The zero-order chi connectivity index (χ0) is 36.1. The molecule has 2 fully saturated rings. The number of benzene rings is 3. The summed E-state index contributed by atoms with van der Waals surface area (Å²) in [6.07, 6.45) is 4.94. The van der Waals surface area contributed by atoms with E-state index in [1.807, 2.05) is 54.7 Å². The number of piperidine rings is 1. The number of hydrogen-bond donors (Lipinski definition) is 0. The number of sulfonamides is 1. The average Bonchev–Trinajstić information content (AvgIpc) is 3.70. The molecule has 4 aromatic rings. The van der Waals surface area contributed by atoms with Crippen LogP contribution < -0.4 is 9.47 Å². The zero-order valence-electron chi connectivity index (χ0n) is 28.5. The number of aromatic nitrogens is 2. The second kappa shape index (κ2) is 15.8. The van der Waals surface area contributed by atoms with Crippen molar-refractivity contribution < 1.29 is 32.2 Å². The topological polar surface area (TPSA) is 120 Å². The van der Waals surface area contributed by atoms with E-state index in [2.05, 4.69) is 0 Å². The number of rotatable bonds is 12. The van der Waals surface area contributed by atoms with E-state index in [1.165, 1.54) is 16.1 Å². The predicted octanol–water partition coefficient (Wildman–Crippen LogP) is 5.96. The number of carbonyl (C=O) groups excluding carboxylic acids is 2. The molecule has 0 spiro atoms. The van der Waals surface area contributed by atoms with Crippen LogP contribution in [0, 0.1) is 5.92 Å². The summed E-state index contributed by atoms with van der Waals surface area (Å²) < 4.78 is 47.1. The molecule has 0 unspecified atom stereocenters. The first-order valence-corrected chi connectivity index (χ1v) is 19.2. The van der Waals surface area contributed by atoms with Crippen molar-refractivity contribution in [3.63, 3.8) is 0 Å². The lowest BCUT2D eigenvalue weighted by Gasteiger charge is -2.30. The Kier molecular flexibility index (Phi) is 11.2. The number of thioether (sulfide) groups is 1. The van der Waals surface area contributed by atoms with Crippen LogP contribution in [-0.4, -0.2) is 84.1 Å². The van der Waals surface area contributed by atoms with Gasteiger partial charge in [-0.1, -0.05) is 60.4 Å². The first-order valence-electron chi connectivity index (χ1n) is 16.5. The SMILES string of the molecule is CCOC(=O)C1CCN(S(=O)(=O)c2cccc(-c3nn(-c4ccccc4)cc3C=C3SC(=S)N(CCc4ccc(OC)c(OC)c4)C3=O)c2)CC1. The summed E-state index contributed by atoms with van der Waals surface area (Å²) in [6.45, 7) is 2.87. The van der Waals surface area contributed by atoms with E-state index in [1.54, 1.807) is 61.1 Å². The third kappa shape index (κ3) is 7.88. The summed E-state index contributed by atoms with van der Waals surface area (Å²) in [5, 5.41) is 4.87. The summed E-state index contributed by atoms with van der Waals surface area (Å²) in [7, 11) is -0.701. The van der Waals surface area contributed by atoms with Gasteiger partial charge in [0.15, 0.2) is 11.5 Å². The third-order valence-corrected chi connectivity index (χ3v) is 12.1. The second-order valence-corrected chi connectivity index (χ2v) is 15.6. The maximum atomic E-state index is 13.8. The number of hydrogen-bond acceptors (Lipinski definition) is 10. The van der Waals surface area contributed by atoms with Gasteiger partial charge >= 0.3 is 5.97 Å². The fourth-order valence-electron chi connectivity index (χ4n) is 6.09. The van der Waals surface area contributed by atoms with Gasteiger partial charge in [0.1, 0.15) is 10.0 Å². The number of nitrogens with zero attached hydrogens (tertiary/aromatic N) is 4. The molecule has 0 bridgehead atoms. The van der Waals surface area contributed by atoms with Gasteiger partial charge in [-0.2, -0.15) is 9.40 Å². The van der Waals surface area contributed by atoms with Gasteiger partial charge in [-0.15, -0.1) is 0 Å². The molecule has 266 valence electrons. The van der Waals surface area contributed by atoms with Crippen LogP contribution >= 0.6 is 24.0 Å². The Hall–Kier alpha value is -4.50. The van der Waals surface area contributed by atoms with E-state index >= 15 is 0 Å². The molecule has 0 aliphatic carbocycles. The van der Waals surface area contributed by atoms with Crippen LogP contribution in [-0.2, 0) is 30.8 Å². The van der Waals surface area contributed by atoms with Gasteiger partial charge in [-0.25, -0.2) is 13.1 Å². The second-order valence-electron chi connectivity index (χ2n) is 11.9. The molecule has 3 aromatic carbocycles. The Balaban J connectivity index is 1.27. The van der Waals surface area contributed by atoms with Crippen molar-refractivity contribution in [3.05, 3.63) is 95.0 Å². The van der Waals surface area contributed by atoms with E-state index in [0.29, 0.717) is 70.0 Å². The lowest BCUT2D eigenvalue weighted by atomic mass is 9.98.